The van der Waals surface area contributed by atoms with E-state index in [0.717, 1.165) is 22.3 Å². The molecule has 3 aromatic rings. The van der Waals surface area contributed by atoms with Crippen molar-refractivity contribution >= 4 is 23.7 Å². The van der Waals surface area contributed by atoms with Crippen LogP contribution < -0.4 is 10.6 Å². The molecule has 7 nitrogen and oxygen atoms in total. The number of benzene rings is 3. The number of fused-ring (bicyclic) bond motifs is 3. The number of alkyl carbamates (subject to hydrolysis) is 1. The van der Waals surface area contributed by atoms with Gasteiger partial charge in [0, 0.05) is 24.1 Å². The lowest BCUT2D eigenvalue weighted by Gasteiger charge is -2.17. The van der Waals surface area contributed by atoms with Crippen LogP contribution in [0.25, 0.3) is 11.1 Å². The zero-order valence-electron chi connectivity index (χ0n) is 18.8. The first-order valence-electron chi connectivity index (χ1n) is 11.1. The van der Waals surface area contributed by atoms with E-state index in [0.29, 0.717) is 11.3 Å². The molecule has 0 saturated carbocycles. The van der Waals surface area contributed by atoms with E-state index in [2.05, 4.69) is 34.9 Å². The summed E-state index contributed by atoms with van der Waals surface area (Å²) < 4.78 is 5.53. The Hall–Kier alpha value is -4.13. The van der Waals surface area contributed by atoms with Gasteiger partial charge in [-0.2, -0.15) is 0 Å². The Kier molecular flexibility index (Phi) is 6.92. The minimum atomic E-state index is -0.940. The molecule has 2 amide bonds. The molecular weight excluding hydrogens is 432 g/mol. The fraction of sp³-hybridized carbons (Fsp3) is 0.222. The van der Waals surface area contributed by atoms with Crippen molar-refractivity contribution in [1.82, 2.24) is 5.32 Å². The number of anilines is 1. The molecule has 0 fully saturated rings. The van der Waals surface area contributed by atoms with E-state index >= 15 is 0 Å². The Bertz CT molecular complexity index is 1180. The quantitative estimate of drug-likeness (QED) is 0.459. The van der Waals surface area contributed by atoms with Gasteiger partial charge in [0.15, 0.2) is 0 Å². The molecular formula is C27H26N2O5. The standard InChI is InChI=1S/C27H26N2O5/c1-17(13-25(30)29-19-8-6-7-18(14-19)15-26(31)32)28-27(33)34-16-24-22-11-4-2-9-20(22)21-10-3-5-12-23(21)24/h2-12,14,17,24H,13,15-16H2,1H3,(H,28,33)(H,29,30)(H,31,32). The molecule has 34 heavy (non-hydrogen) atoms. The molecule has 0 bridgehead atoms. The second-order valence-corrected chi connectivity index (χ2v) is 8.39. The summed E-state index contributed by atoms with van der Waals surface area (Å²) in [5, 5.41) is 14.4. The maximum atomic E-state index is 12.4. The summed E-state index contributed by atoms with van der Waals surface area (Å²) in [5.74, 6) is -1.27. The number of amides is 2. The van der Waals surface area contributed by atoms with Crippen LogP contribution in [-0.4, -0.2) is 35.7 Å². The topological polar surface area (TPSA) is 105 Å². The summed E-state index contributed by atoms with van der Waals surface area (Å²) in [6.07, 6.45) is -0.651. The molecule has 0 spiro atoms. The number of nitrogens with one attached hydrogen (secondary N) is 2. The van der Waals surface area contributed by atoms with Crippen LogP contribution in [-0.2, 0) is 20.7 Å². The molecule has 7 heteroatoms. The van der Waals surface area contributed by atoms with E-state index < -0.39 is 18.1 Å². The zero-order valence-corrected chi connectivity index (χ0v) is 18.8. The monoisotopic (exact) mass is 458 g/mol. The minimum absolute atomic E-state index is 0.0326. The highest BCUT2D eigenvalue weighted by Gasteiger charge is 2.29. The third-order valence-electron chi connectivity index (χ3n) is 5.77. The SMILES string of the molecule is CC(CC(=O)Nc1cccc(CC(=O)O)c1)NC(=O)OCC1c2ccccc2-c2ccccc21. The second kappa shape index (κ2) is 10.2. The number of carbonyl (C=O) groups is 3. The van der Waals surface area contributed by atoms with Crippen molar-refractivity contribution in [2.24, 2.45) is 0 Å². The van der Waals surface area contributed by atoms with E-state index in [9.17, 15) is 14.4 Å². The predicted molar refractivity (Wildman–Crippen MR) is 129 cm³/mol. The summed E-state index contributed by atoms with van der Waals surface area (Å²) in [5.41, 5.74) is 5.68. The third-order valence-corrected chi connectivity index (χ3v) is 5.77. The maximum Gasteiger partial charge on any atom is 0.407 e. The number of carbonyl (C=O) groups excluding carboxylic acids is 2. The first-order chi connectivity index (χ1) is 16.4. The van der Waals surface area contributed by atoms with Gasteiger partial charge in [0.2, 0.25) is 5.91 Å². The lowest BCUT2D eigenvalue weighted by molar-refractivity contribution is -0.136. The summed E-state index contributed by atoms with van der Waals surface area (Å²) in [6, 6.07) is 22.5. The molecule has 0 heterocycles. The molecule has 0 radical (unpaired) electrons. The molecule has 3 N–H and O–H groups in total. The Morgan fingerprint density at radius 3 is 2.24 bits per heavy atom. The molecule has 0 aliphatic heterocycles. The van der Waals surface area contributed by atoms with Gasteiger partial charge in [-0.25, -0.2) is 4.79 Å². The first-order valence-corrected chi connectivity index (χ1v) is 11.1. The minimum Gasteiger partial charge on any atom is -0.481 e. The van der Waals surface area contributed by atoms with Crippen LogP contribution >= 0.6 is 0 Å². The molecule has 1 atom stereocenters. The van der Waals surface area contributed by atoms with Gasteiger partial charge in [-0.15, -0.1) is 0 Å². The normalized spacial score (nSPS) is 12.9. The molecule has 1 aliphatic carbocycles. The fourth-order valence-corrected chi connectivity index (χ4v) is 4.32. The van der Waals surface area contributed by atoms with Crippen LogP contribution in [0.5, 0.6) is 0 Å². The number of hydrogen-bond acceptors (Lipinski definition) is 4. The van der Waals surface area contributed by atoms with Crippen molar-refractivity contribution in [3.63, 3.8) is 0 Å². The van der Waals surface area contributed by atoms with Crippen LogP contribution in [0.1, 0.15) is 36.0 Å². The zero-order chi connectivity index (χ0) is 24.1. The number of hydrogen-bond donors (Lipinski definition) is 3. The number of carboxylic acid groups (broad SMARTS) is 1. The van der Waals surface area contributed by atoms with Gasteiger partial charge in [-0.1, -0.05) is 60.7 Å². The van der Waals surface area contributed by atoms with Crippen LogP contribution in [0.15, 0.2) is 72.8 Å². The Labute approximate surface area is 197 Å². The fourth-order valence-electron chi connectivity index (χ4n) is 4.32. The summed E-state index contributed by atoms with van der Waals surface area (Å²) in [4.78, 5) is 35.6. The van der Waals surface area contributed by atoms with Crippen molar-refractivity contribution in [3.8, 4) is 11.1 Å². The Morgan fingerprint density at radius 1 is 0.941 bits per heavy atom. The first kappa shape index (κ1) is 23.0. The third kappa shape index (κ3) is 5.43. The number of aliphatic carboxylic acids is 1. The lowest BCUT2D eigenvalue weighted by atomic mass is 9.98. The van der Waals surface area contributed by atoms with Crippen LogP contribution in [0.3, 0.4) is 0 Å². The van der Waals surface area contributed by atoms with Gasteiger partial charge in [0.25, 0.3) is 0 Å². The largest absolute Gasteiger partial charge is 0.481 e. The van der Waals surface area contributed by atoms with Crippen LogP contribution in [0.4, 0.5) is 10.5 Å². The Morgan fingerprint density at radius 2 is 1.59 bits per heavy atom. The predicted octanol–water partition coefficient (Wildman–Crippen LogP) is 4.57. The summed E-state index contributed by atoms with van der Waals surface area (Å²) >= 11 is 0. The second-order valence-electron chi connectivity index (χ2n) is 8.39. The smallest absolute Gasteiger partial charge is 0.407 e. The van der Waals surface area contributed by atoms with Crippen LogP contribution in [0.2, 0.25) is 0 Å². The van der Waals surface area contributed by atoms with E-state index in [-0.39, 0.29) is 31.3 Å². The van der Waals surface area contributed by atoms with E-state index in [1.54, 1.807) is 31.2 Å². The number of ether oxygens (including phenoxy) is 1. The van der Waals surface area contributed by atoms with Gasteiger partial charge in [0.05, 0.1) is 6.42 Å². The van der Waals surface area contributed by atoms with E-state index in [4.69, 9.17) is 9.84 Å². The van der Waals surface area contributed by atoms with Gasteiger partial charge in [-0.3, -0.25) is 9.59 Å². The molecule has 0 saturated heterocycles. The van der Waals surface area contributed by atoms with Crippen molar-refractivity contribution in [3.05, 3.63) is 89.5 Å². The van der Waals surface area contributed by atoms with Crippen molar-refractivity contribution < 1.29 is 24.2 Å². The molecule has 1 unspecified atom stereocenters. The molecule has 1 aliphatic rings. The average molecular weight is 459 g/mol. The van der Waals surface area contributed by atoms with Crippen molar-refractivity contribution in [1.29, 1.82) is 0 Å². The van der Waals surface area contributed by atoms with E-state index in [1.807, 2.05) is 24.3 Å². The highest BCUT2D eigenvalue weighted by molar-refractivity contribution is 5.91. The number of carboxylic acids is 1. The van der Waals surface area contributed by atoms with Gasteiger partial charge >= 0.3 is 12.1 Å². The van der Waals surface area contributed by atoms with Gasteiger partial charge < -0.3 is 20.5 Å². The molecule has 3 aromatic carbocycles. The Balaban J connectivity index is 1.28. The molecule has 0 aromatic heterocycles. The average Bonchev–Trinajstić information content (AvgIpc) is 3.11. The van der Waals surface area contributed by atoms with Crippen molar-refractivity contribution in [2.45, 2.75) is 31.7 Å². The summed E-state index contributed by atoms with van der Waals surface area (Å²) in [6.45, 7) is 1.93. The van der Waals surface area contributed by atoms with Gasteiger partial charge in [-0.05, 0) is 46.9 Å². The van der Waals surface area contributed by atoms with Gasteiger partial charge in [0.1, 0.15) is 6.61 Å². The summed E-state index contributed by atoms with van der Waals surface area (Å²) in [7, 11) is 0. The lowest BCUT2D eigenvalue weighted by Crippen LogP contribution is -2.36. The van der Waals surface area contributed by atoms with Crippen molar-refractivity contribution in [2.75, 3.05) is 11.9 Å². The highest BCUT2D eigenvalue weighted by atomic mass is 16.5. The maximum absolute atomic E-state index is 12.4. The van der Waals surface area contributed by atoms with E-state index in [1.165, 1.54) is 0 Å². The number of rotatable bonds is 8. The molecule has 4 rings (SSSR count). The molecule has 174 valence electrons. The highest BCUT2D eigenvalue weighted by Crippen LogP contribution is 2.44. The van der Waals surface area contributed by atoms with Crippen LogP contribution in [0, 0.1) is 0 Å².